The molecular weight excluding hydrogens is 501 g/mol. The molecule has 0 fully saturated rings. The molecule has 5 rings (SSSR count). The van der Waals surface area contributed by atoms with Crippen LogP contribution in [0, 0.1) is 19.7 Å². The highest BCUT2D eigenvalue weighted by molar-refractivity contribution is 6.36. The van der Waals surface area contributed by atoms with Gasteiger partial charge in [0.1, 0.15) is 18.2 Å². The number of hydrogen-bond donors (Lipinski definition) is 3. The summed E-state index contributed by atoms with van der Waals surface area (Å²) in [7, 11) is 0. The van der Waals surface area contributed by atoms with Crippen LogP contribution in [0.5, 0.6) is 5.75 Å². The third kappa shape index (κ3) is 4.67. The number of anilines is 1. The van der Waals surface area contributed by atoms with E-state index < -0.39 is 11.9 Å². The van der Waals surface area contributed by atoms with Crippen LogP contribution >= 0.6 is 11.6 Å². The molecule has 0 unspecified atom stereocenters. The van der Waals surface area contributed by atoms with E-state index in [0.717, 1.165) is 5.56 Å². The van der Waals surface area contributed by atoms with Crippen molar-refractivity contribution in [3.63, 3.8) is 0 Å². The van der Waals surface area contributed by atoms with Crippen LogP contribution in [-0.2, 0) is 17.8 Å². The number of carbonyl (C=O) groups is 2. The van der Waals surface area contributed by atoms with Crippen molar-refractivity contribution in [2.24, 2.45) is 0 Å². The summed E-state index contributed by atoms with van der Waals surface area (Å²) in [6, 6.07) is 9.65. The van der Waals surface area contributed by atoms with Crippen LogP contribution in [0.25, 0.3) is 16.9 Å². The minimum atomic E-state index is -1.04. The van der Waals surface area contributed by atoms with Crippen LogP contribution in [0.2, 0.25) is 5.02 Å². The number of halogens is 2. The van der Waals surface area contributed by atoms with Gasteiger partial charge in [0.2, 0.25) is 0 Å². The van der Waals surface area contributed by atoms with E-state index in [1.807, 2.05) is 0 Å². The SMILES string of the molecule is Cc1cc(CNC(=O)c2cc3nc(C)c(CC(=O)O)c(-c4ccc5c(c4Cl)NCCO5)n3n2)ccc1F. The molecule has 1 aliphatic rings. The first-order chi connectivity index (χ1) is 17.7. The highest BCUT2D eigenvalue weighted by Crippen LogP contribution is 2.42. The van der Waals surface area contributed by atoms with Gasteiger partial charge in [-0.2, -0.15) is 5.10 Å². The molecule has 1 aliphatic heterocycles. The van der Waals surface area contributed by atoms with E-state index in [0.29, 0.717) is 63.3 Å². The molecule has 0 spiro atoms. The number of ether oxygens (including phenoxy) is 1. The molecule has 4 aromatic rings. The second kappa shape index (κ2) is 9.70. The molecule has 0 saturated carbocycles. The van der Waals surface area contributed by atoms with Crippen molar-refractivity contribution in [1.82, 2.24) is 19.9 Å². The van der Waals surface area contributed by atoms with Gasteiger partial charge in [-0.15, -0.1) is 0 Å². The van der Waals surface area contributed by atoms with Crippen molar-refractivity contribution in [2.45, 2.75) is 26.8 Å². The van der Waals surface area contributed by atoms with Crippen LogP contribution in [0.1, 0.15) is 32.9 Å². The van der Waals surface area contributed by atoms with Crippen molar-refractivity contribution in [3.8, 4) is 17.0 Å². The second-order valence-electron chi connectivity index (χ2n) is 8.74. The maximum Gasteiger partial charge on any atom is 0.307 e. The van der Waals surface area contributed by atoms with Crippen LogP contribution < -0.4 is 15.4 Å². The molecule has 9 nitrogen and oxygen atoms in total. The Morgan fingerprint density at radius 2 is 2.05 bits per heavy atom. The number of aromatic nitrogens is 3. The first kappa shape index (κ1) is 24.5. The lowest BCUT2D eigenvalue weighted by Gasteiger charge is -2.22. The number of carbonyl (C=O) groups excluding carboxylic acids is 1. The summed E-state index contributed by atoms with van der Waals surface area (Å²) in [6.07, 6.45) is -0.313. The number of carboxylic acid groups (broad SMARTS) is 1. The largest absolute Gasteiger partial charge is 0.490 e. The average Bonchev–Trinajstić information content (AvgIpc) is 3.29. The number of amides is 1. The molecule has 2 aromatic carbocycles. The lowest BCUT2D eigenvalue weighted by Crippen LogP contribution is -2.23. The summed E-state index contributed by atoms with van der Waals surface area (Å²) in [5.41, 5.74) is 4.15. The standard InChI is InChI=1S/C26H23ClFN5O4/c1-13-9-15(3-5-18(13)28)12-30-26(36)19-11-21-31-14(2)17(10-22(34)35)25(33(21)32-19)16-4-6-20-24(23(16)27)29-7-8-37-20/h3-6,9,11,29H,7-8,10,12H2,1-2H3,(H,30,36)(H,34,35). The molecule has 11 heteroatoms. The van der Waals surface area contributed by atoms with Gasteiger partial charge in [-0.3, -0.25) is 9.59 Å². The van der Waals surface area contributed by atoms with Gasteiger partial charge < -0.3 is 20.5 Å². The third-order valence-electron chi connectivity index (χ3n) is 6.16. The summed E-state index contributed by atoms with van der Waals surface area (Å²) in [4.78, 5) is 29.2. The van der Waals surface area contributed by atoms with Gasteiger partial charge in [0.25, 0.3) is 5.91 Å². The van der Waals surface area contributed by atoms with E-state index in [-0.39, 0.29) is 24.5 Å². The predicted molar refractivity (Wildman–Crippen MR) is 136 cm³/mol. The molecule has 0 aliphatic carbocycles. The maximum atomic E-state index is 13.6. The van der Waals surface area contributed by atoms with Gasteiger partial charge in [0.05, 0.1) is 22.8 Å². The zero-order valence-electron chi connectivity index (χ0n) is 20.1. The van der Waals surface area contributed by atoms with Crippen molar-refractivity contribution >= 4 is 34.8 Å². The highest BCUT2D eigenvalue weighted by atomic mass is 35.5. The average molecular weight is 524 g/mol. The molecule has 0 bridgehead atoms. The zero-order valence-corrected chi connectivity index (χ0v) is 20.8. The predicted octanol–water partition coefficient (Wildman–Crippen LogP) is 4.17. The maximum absolute atomic E-state index is 13.6. The Morgan fingerprint density at radius 3 is 2.81 bits per heavy atom. The number of hydrogen-bond acceptors (Lipinski definition) is 6. The number of rotatable bonds is 6. The number of nitrogens with zero attached hydrogens (tertiary/aromatic N) is 3. The number of aryl methyl sites for hydroxylation is 2. The Bertz CT molecular complexity index is 1570. The Labute approximate surface area is 216 Å². The second-order valence-corrected chi connectivity index (χ2v) is 9.11. The van der Waals surface area contributed by atoms with Crippen molar-refractivity contribution < 1.29 is 23.8 Å². The molecule has 3 heterocycles. The quantitative estimate of drug-likeness (QED) is 0.347. The minimum Gasteiger partial charge on any atom is -0.490 e. The summed E-state index contributed by atoms with van der Waals surface area (Å²) in [6.45, 7) is 4.61. The Kier molecular flexibility index (Phi) is 6.43. The minimum absolute atomic E-state index is 0.0926. The molecule has 0 atom stereocenters. The summed E-state index contributed by atoms with van der Waals surface area (Å²) in [5.74, 6) is -1.22. The van der Waals surface area contributed by atoms with E-state index in [1.165, 1.54) is 16.6 Å². The summed E-state index contributed by atoms with van der Waals surface area (Å²) >= 11 is 6.78. The smallest absolute Gasteiger partial charge is 0.307 e. The molecule has 1 amide bonds. The lowest BCUT2D eigenvalue weighted by atomic mass is 10.0. The van der Waals surface area contributed by atoms with Crippen molar-refractivity contribution in [3.05, 3.63) is 75.3 Å². The molecule has 0 radical (unpaired) electrons. The zero-order chi connectivity index (χ0) is 26.3. The van der Waals surface area contributed by atoms with Gasteiger partial charge >= 0.3 is 5.97 Å². The van der Waals surface area contributed by atoms with E-state index in [4.69, 9.17) is 16.3 Å². The third-order valence-corrected chi connectivity index (χ3v) is 6.56. The summed E-state index contributed by atoms with van der Waals surface area (Å²) in [5, 5.41) is 20.4. The summed E-state index contributed by atoms with van der Waals surface area (Å²) < 4.78 is 20.7. The first-order valence-electron chi connectivity index (χ1n) is 11.6. The highest BCUT2D eigenvalue weighted by Gasteiger charge is 2.25. The monoisotopic (exact) mass is 523 g/mol. The molecule has 2 aromatic heterocycles. The fraction of sp³-hybridized carbons (Fsp3) is 0.231. The normalized spacial score (nSPS) is 12.5. The van der Waals surface area contributed by atoms with E-state index in [9.17, 15) is 19.1 Å². The van der Waals surface area contributed by atoms with Crippen LogP contribution in [0.3, 0.4) is 0 Å². The van der Waals surface area contributed by atoms with Crippen LogP contribution in [0.4, 0.5) is 10.1 Å². The number of fused-ring (bicyclic) bond motifs is 2. The van der Waals surface area contributed by atoms with Gasteiger partial charge in [0, 0.05) is 36.0 Å². The van der Waals surface area contributed by atoms with Crippen molar-refractivity contribution in [2.75, 3.05) is 18.5 Å². The molecule has 37 heavy (non-hydrogen) atoms. The number of nitrogens with one attached hydrogen (secondary N) is 2. The van der Waals surface area contributed by atoms with Crippen LogP contribution in [-0.4, -0.2) is 44.7 Å². The van der Waals surface area contributed by atoms with E-state index in [2.05, 4.69) is 20.7 Å². The topological polar surface area (TPSA) is 118 Å². The van der Waals surface area contributed by atoms with E-state index >= 15 is 0 Å². The fourth-order valence-electron chi connectivity index (χ4n) is 4.36. The molecule has 3 N–H and O–H groups in total. The van der Waals surface area contributed by atoms with Gasteiger partial charge in [0.15, 0.2) is 11.3 Å². The Hall–Kier alpha value is -4.18. The van der Waals surface area contributed by atoms with Gasteiger partial charge in [-0.05, 0) is 43.2 Å². The lowest BCUT2D eigenvalue weighted by molar-refractivity contribution is -0.136. The molecular formula is C26H23ClFN5O4. The Balaban J connectivity index is 1.58. The van der Waals surface area contributed by atoms with Gasteiger partial charge in [-0.1, -0.05) is 23.7 Å². The molecule has 0 saturated heterocycles. The van der Waals surface area contributed by atoms with E-state index in [1.54, 1.807) is 38.1 Å². The van der Waals surface area contributed by atoms with Crippen LogP contribution in [0.15, 0.2) is 36.4 Å². The number of aliphatic carboxylic acids is 1. The molecule has 190 valence electrons. The first-order valence-corrected chi connectivity index (χ1v) is 11.9. The number of benzene rings is 2. The number of carboxylic acids is 1. The Morgan fingerprint density at radius 1 is 1.24 bits per heavy atom. The fourth-order valence-corrected chi connectivity index (χ4v) is 4.67. The van der Waals surface area contributed by atoms with Gasteiger partial charge in [-0.25, -0.2) is 13.9 Å². The van der Waals surface area contributed by atoms with Crippen molar-refractivity contribution in [1.29, 1.82) is 0 Å².